The standard InChI is InChI=1S/C22H25F3O3/c1-4-5-6-7-8-16-13-14-18(27-2)19(20(16)28-3)15-9-11-17(12-10-15)21(26)22(23,24)25/h9-14H,4-8H2,1-3H3. The van der Waals surface area contributed by atoms with E-state index in [0.29, 0.717) is 22.6 Å². The Morgan fingerprint density at radius 1 is 0.929 bits per heavy atom. The zero-order chi connectivity index (χ0) is 20.7. The second kappa shape index (κ2) is 9.62. The van der Waals surface area contributed by atoms with Crippen molar-refractivity contribution in [2.75, 3.05) is 14.2 Å². The van der Waals surface area contributed by atoms with Crippen molar-refractivity contribution in [3.05, 3.63) is 47.5 Å². The monoisotopic (exact) mass is 394 g/mol. The molecule has 2 aromatic rings. The molecule has 2 aromatic carbocycles. The number of alkyl halides is 3. The van der Waals surface area contributed by atoms with Gasteiger partial charge >= 0.3 is 6.18 Å². The van der Waals surface area contributed by atoms with E-state index in [9.17, 15) is 18.0 Å². The Morgan fingerprint density at radius 2 is 1.61 bits per heavy atom. The lowest BCUT2D eigenvalue weighted by Crippen LogP contribution is -2.22. The average Bonchev–Trinajstić information content (AvgIpc) is 2.69. The van der Waals surface area contributed by atoms with Crippen molar-refractivity contribution in [1.29, 1.82) is 0 Å². The second-order valence-electron chi connectivity index (χ2n) is 6.55. The summed E-state index contributed by atoms with van der Waals surface area (Å²) in [6, 6.07) is 9.12. The minimum absolute atomic E-state index is 0.398. The van der Waals surface area contributed by atoms with Crippen molar-refractivity contribution in [3.63, 3.8) is 0 Å². The molecule has 0 saturated carbocycles. The molecule has 0 bridgehead atoms. The number of unbranched alkanes of at least 4 members (excludes halogenated alkanes) is 3. The number of halogens is 3. The Morgan fingerprint density at radius 3 is 2.14 bits per heavy atom. The predicted octanol–water partition coefficient (Wildman–Crippen LogP) is 6.24. The number of methoxy groups -OCH3 is 2. The number of hydrogen-bond donors (Lipinski definition) is 0. The minimum atomic E-state index is -4.89. The smallest absolute Gasteiger partial charge is 0.454 e. The van der Waals surface area contributed by atoms with Gasteiger partial charge in [0.2, 0.25) is 0 Å². The van der Waals surface area contributed by atoms with Crippen LogP contribution in [0.1, 0.15) is 48.5 Å². The van der Waals surface area contributed by atoms with E-state index in [4.69, 9.17) is 9.47 Å². The van der Waals surface area contributed by atoms with Crippen molar-refractivity contribution >= 4 is 5.78 Å². The SMILES string of the molecule is CCCCCCc1ccc(OC)c(-c2ccc(C(=O)C(F)(F)F)cc2)c1OC. The Bertz CT molecular complexity index is 796. The summed E-state index contributed by atoms with van der Waals surface area (Å²) in [5, 5.41) is 0. The summed E-state index contributed by atoms with van der Waals surface area (Å²) in [5.74, 6) is -0.655. The molecule has 0 aliphatic carbocycles. The van der Waals surface area contributed by atoms with Gasteiger partial charge < -0.3 is 9.47 Å². The zero-order valence-electron chi connectivity index (χ0n) is 16.4. The lowest BCUT2D eigenvalue weighted by Gasteiger charge is -2.17. The number of benzene rings is 2. The molecular weight excluding hydrogens is 369 g/mol. The molecule has 0 fully saturated rings. The molecule has 0 atom stereocenters. The van der Waals surface area contributed by atoms with Crippen LogP contribution in [0.25, 0.3) is 11.1 Å². The van der Waals surface area contributed by atoms with Crippen LogP contribution in [0.3, 0.4) is 0 Å². The van der Waals surface area contributed by atoms with Gasteiger partial charge in [0.25, 0.3) is 5.78 Å². The molecule has 2 rings (SSSR count). The lowest BCUT2D eigenvalue weighted by molar-refractivity contribution is -0.0885. The van der Waals surface area contributed by atoms with Gasteiger partial charge in [0, 0.05) is 5.56 Å². The van der Waals surface area contributed by atoms with Crippen molar-refractivity contribution in [2.24, 2.45) is 0 Å². The summed E-state index contributed by atoms with van der Waals surface area (Å²) in [4.78, 5) is 11.4. The van der Waals surface area contributed by atoms with Crippen LogP contribution in [0.2, 0.25) is 0 Å². The van der Waals surface area contributed by atoms with E-state index in [1.165, 1.54) is 37.8 Å². The van der Waals surface area contributed by atoms with Crippen LogP contribution in [0.4, 0.5) is 13.2 Å². The van der Waals surface area contributed by atoms with Gasteiger partial charge in [0.05, 0.1) is 19.8 Å². The highest BCUT2D eigenvalue weighted by Gasteiger charge is 2.39. The van der Waals surface area contributed by atoms with Crippen LogP contribution < -0.4 is 9.47 Å². The quantitative estimate of drug-likeness (QED) is 0.373. The maximum atomic E-state index is 12.6. The first-order valence-corrected chi connectivity index (χ1v) is 9.29. The lowest BCUT2D eigenvalue weighted by atomic mass is 9.96. The Hall–Kier alpha value is -2.50. The molecule has 0 saturated heterocycles. The number of ether oxygens (including phenoxy) is 2. The third kappa shape index (κ3) is 5.06. The molecule has 3 nitrogen and oxygen atoms in total. The first kappa shape index (κ1) is 21.8. The Labute approximate surface area is 163 Å². The van der Waals surface area contributed by atoms with E-state index >= 15 is 0 Å². The van der Waals surface area contributed by atoms with Crippen LogP contribution in [0.5, 0.6) is 11.5 Å². The minimum Gasteiger partial charge on any atom is -0.496 e. The van der Waals surface area contributed by atoms with Gasteiger partial charge in [-0.1, -0.05) is 56.5 Å². The average molecular weight is 394 g/mol. The van der Waals surface area contributed by atoms with Crippen LogP contribution in [0, 0.1) is 0 Å². The molecule has 0 unspecified atom stereocenters. The third-order valence-corrected chi connectivity index (χ3v) is 4.62. The van der Waals surface area contributed by atoms with E-state index in [1.54, 1.807) is 7.11 Å². The van der Waals surface area contributed by atoms with Crippen molar-refractivity contribution < 1.29 is 27.4 Å². The van der Waals surface area contributed by atoms with Gasteiger partial charge in [-0.2, -0.15) is 13.2 Å². The number of aryl methyl sites for hydroxylation is 1. The molecule has 0 spiro atoms. The molecule has 0 aliphatic heterocycles. The van der Waals surface area contributed by atoms with Crippen molar-refractivity contribution in [3.8, 4) is 22.6 Å². The van der Waals surface area contributed by atoms with E-state index in [2.05, 4.69) is 6.92 Å². The largest absolute Gasteiger partial charge is 0.496 e. The second-order valence-corrected chi connectivity index (χ2v) is 6.55. The zero-order valence-corrected chi connectivity index (χ0v) is 16.4. The van der Waals surface area contributed by atoms with E-state index in [1.807, 2.05) is 12.1 Å². The third-order valence-electron chi connectivity index (χ3n) is 4.62. The highest BCUT2D eigenvalue weighted by atomic mass is 19.4. The maximum absolute atomic E-state index is 12.6. The summed E-state index contributed by atoms with van der Waals surface area (Å²) in [6.07, 6.45) is 0.401. The van der Waals surface area contributed by atoms with E-state index in [-0.39, 0.29) is 0 Å². The topological polar surface area (TPSA) is 35.5 Å². The van der Waals surface area contributed by atoms with Crippen LogP contribution in [0.15, 0.2) is 36.4 Å². The van der Waals surface area contributed by atoms with Crippen LogP contribution >= 0.6 is 0 Å². The molecule has 0 aliphatic rings. The van der Waals surface area contributed by atoms with Crippen LogP contribution in [-0.4, -0.2) is 26.2 Å². The number of ketones is 1. The molecule has 0 radical (unpaired) electrons. The fraction of sp³-hybridized carbons (Fsp3) is 0.409. The number of hydrogen-bond acceptors (Lipinski definition) is 3. The molecule has 0 heterocycles. The number of Topliss-reactive ketones (excluding diaryl/α,β-unsaturated/α-hetero) is 1. The number of carbonyl (C=O) groups excluding carboxylic acids is 1. The summed E-state index contributed by atoms with van der Waals surface area (Å²) in [5.41, 5.74) is 1.92. The summed E-state index contributed by atoms with van der Waals surface area (Å²) >= 11 is 0. The van der Waals surface area contributed by atoms with Gasteiger partial charge in [-0.25, -0.2) is 0 Å². The fourth-order valence-corrected chi connectivity index (χ4v) is 3.18. The summed E-state index contributed by atoms with van der Waals surface area (Å²) in [7, 11) is 3.09. The van der Waals surface area contributed by atoms with Gasteiger partial charge in [0.15, 0.2) is 0 Å². The molecule has 0 N–H and O–H groups in total. The molecule has 152 valence electrons. The van der Waals surface area contributed by atoms with Crippen molar-refractivity contribution in [1.82, 2.24) is 0 Å². The predicted molar refractivity (Wildman–Crippen MR) is 103 cm³/mol. The highest BCUT2D eigenvalue weighted by Crippen LogP contribution is 2.41. The molecule has 0 amide bonds. The molecule has 28 heavy (non-hydrogen) atoms. The number of rotatable bonds is 9. The first-order valence-electron chi connectivity index (χ1n) is 9.29. The summed E-state index contributed by atoms with van der Waals surface area (Å²) in [6.45, 7) is 2.15. The van der Waals surface area contributed by atoms with E-state index in [0.717, 1.165) is 31.2 Å². The van der Waals surface area contributed by atoms with Gasteiger partial charge in [-0.15, -0.1) is 0 Å². The highest BCUT2D eigenvalue weighted by molar-refractivity contribution is 6.00. The number of carbonyl (C=O) groups is 1. The van der Waals surface area contributed by atoms with Gasteiger partial charge in [0.1, 0.15) is 11.5 Å². The molecule has 6 heteroatoms. The Balaban J connectivity index is 2.41. The molecular formula is C22H25F3O3. The summed E-state index contributed by atoms with van der Waals surface area (Å²) < 4.78 is 49.0. The van der Waals surface area contributed by atoms with Crippen molar-refractivity contribution in [2.45, 2.75) is 45.2 Å². The normalized spacial score (nSPS) is 11.4. The van der Waals surface area contributed by atoms with Crippen LogP contribution in [-0.2, 0) is 6.42 Å². The Kier molecular flexibility index (Phi) is 7.49. The molecule has 0 aromatic heterocycles. The fourth-order valence-electron chi connectivity index (χ4n) is 3.18. The van der Waals surface area contributed by atoms with Gasteiger partial charge in [-0.3, -0.25) is 4.79 Å². The van der Waals surface area contributed by atoms with E-state index < -0.39 is 17.5 Å². The maximum Gasteiger partial charge on any atom is 0.454 e. The first-order chi connectivity index (χ1) is 13.3. The van der Waals surface area contributed by atoms with Gasteiger partial charge in [-0.05, 0) is 30.0 Å².